The second-order valence-corrected chi connectivity index (χ2v) is 7.56. The van der Waals surface area contributed by atoms with Crippen LogP contribution in [-0.2, 0) is 14.4 Å². The number of fused-ring (bicyclic) bond motifs is 1. The van der Waals surface area contributed by atoms with Crippen LogP contribution in [0.2, 0.25) is 0 Å². The number of ether oxygens (including phenoxy) is 1. The van der Waals surface area contributed by atoms with E-state index >= 15 is 0 Å². The molecule has 0 bridgehead atoms. The van der Waals surface area contributed by atoms with Gasteiger partial charge in [0.05, 0.1) is 17.5 Å². The maximum atomic E-state index is 12.1. The molecule has 1 aliphatic heterocycles. The Bertz CT molecular complexity index is 522. The Kier molecular flexibility index (Phi) is 5.40. The third-order valence-electron chi connectivity index (χ3n) is 4.74. The number of nitrogens with zero attached hydrogens (tertiary/aromatic N) is 1. The maximum absolute atomic E-state index is 12.1. The lowest BCUT2D eigenvalue weighted by atomic mass is 9.84. The van der Waals surface area contributed by atoms with Crippen LogP contribution < -0.4 is 5.32 Å². The molecule has 1 fully saturated rings. The van der Waals surface area contributed by atoms with Crippen molar-refractivity contribution in [3.63, 3.8) is 0 Å². The number of rotatable bonds is 5. The molecular formula is C17H28N2O5. The summed E-state index contributed by atoms with van der Waals surface area (Å²) >= 11 is 0. The summed E-state index contributed by atoms with van der Waals surface area (Å²) in [5.74, 6) is -1.57. The van der Waals surface area contributed by atoms with Gasteiger partial charge in [0.25, 0.3) is 0 Å². The van der Waals surface area contributed by atoms with Gasteiger partial charge < -0.3 is 20.0 Å². The van der Waals surface area contributed by atoms with Crippen molar-refractivity contribution in [2.45, 2.75) is 71.6 Å². The standard InChI is InChI=1S/C17H28N2O5/c1-6-9(7-2)13-12-11(18-16(22)23-17(3,4)5)8-10(15(20)21)14(12)24-19-13/h9-12,14H,6-8H2,1-5H3,(H,18,22)(H,20,21)/t10-,11+,12-,14-/m1/s1. The van der Waals surface area contributed by atoms with Gasteiger partial charge in [-0.25, -0.2) is 4.79 Å². The predicted octanol–water partition coefficient (Wildman–Crippen LogP) is 2.79. The zero-order chi connectivity index (χ0) is 18.1. The second kappa shape index (κ2) is 6.99. The molecule has 7 nitrogen and oxygen atoms in total. The van der Waals surface area contributed by atoms with Crippen LogP contribution in [0.4, 0.5) is 4.79 Å². The summed E-state index contributed by atoms with van der Waals surface area (Å²) in [6, 6.07) is -0.340. The van der Waals surface area contributed by atoms with E-state index in [0.717, 1.165) is 18.6 Å². The summed E-state index contributed by atoms with van der Waals surface area (Å²) in [5.41, 5.74) is 0.266. The van der Waals surface area contributed by atoms with Crippen molar-refractivity contribution < 1.29 is 24.3 Å². The molecule has 0 saturated heterocycles. The molecule has 0 aromatic heterocycles. The average molecular weight is 340 g/mol. The lowest BCUT2D eigenvalue weighted by Crippen LogP contribution is -2.45. The minimum atomic E-state index is -0.917. The van der Waals surface area contributed by atoms with E-state index in [4.69, 9.17) is 9.57 Å². The summed E-state index contributed by atoms with van der Waals surface area (Å²) in [5, 5.41) is 16.5. The van der Waals surface area contributed by atoms with Gasteiger partial charge in [-0.2, -0.15) is 0 Å². The fourth-order valence-corrected chi connectivity index (χ4v) is 3.63. The Hall–Kier alpha value is -1.79. The number of hydrogen-bond acceptors (Lipinski definition) is 5. The van der Waals surface area contributed by atoms with Crippen molar-refractivity contribution in [1.29, 1.82) is 0 Å². The molecule has 24 heavy (non-hydrogen) atoms. The first kappa shape index (κ1) is 18.5. The molecule has 2 rings (SSSR count). The minimum absolute atomic E-state index is 0.205. The zero-order valence-corrected chi connectivity index (χ0v) is 15.0. The number of carbonyl (C=O) groups excluding carboxylic acids is 1. The van der Waals surface area contributed by atoms with Crippen molar-refractivity contribution in [2.24, 2.45) is 22.9 Å². The first-order valence-electron chi connectivity index (χ1n) is 8.63. The van der Waals surface area contributed by atoms with Crippen LogP contribution in [0.5, 0.6) is 0 Å². The Morgan fingerprint density at radius 3 is 2.50 bits per heavy atom. The van der Waals surface area contributed by atoms with Gasteiger partial charge in [-0.05, 0) is 40.0 Å². The van der Waals surface area contributed by atoms with Crippen LogP contribution in [0, 0.1) is 17.8 Å². The van der Waals surface area contributed by atoms with E-state index < -0.39 is 29.7 Å². The topological polar surface area (TPSA) is 97.2 Å². The van der Waals surface area contributed by atoms with Crippen molar-refractivity contribution in [1.82, 2.24) is 5.32 Å². The highest BCUT2D eigenvalue weighted by molar-refractivity contribution is 5.92. The van der Waals surface area contributed by atoms with E-state index in [1.165, 1.54) is 0 Å². The number of alkyl carbamates (subject to hydrolysis) is 1. The number of aliphatic carboxylic acids is 1. The predicted molar refractivity (Wildman–Crippen MR) is 88.8 cm³/mol. The number of nitrogens with one attached hydrogen (secondary N) is 1. The third kappa shape index (κ3) is 3.82. The normalized spacial score (nSPS) is 29.0. The van der Waals surface area contributed by atoms with Crippen LogP contribution >= 0.6 is 0 Å². The van der Waals surface area contributed by atoms with Crippen molar-refractivity contribution in [2.75, 3.05) is 0 Å². The second-order valence-electron chi connectivity index (χ2n) is 7.56. The highest BCUT2D eigenvalue weighted by atomic mass is 16.6. The van der Waals surface area contributed by atoms with Gasteiger partial charge in [0.1, 0.15) is 5.60 Å². The number of hydrogen-bond donors (Lipinski definition) is 2. The van der Waals surface area contributed by atoms with E-state index in [0.29, 0.717) is 6.42 Å². The van der Waals surface area contributed by atoms with Crippen molar-refractivity contribution >= 4 is 17.8 Å². The Labute approximate surface area is 142 Å². The highest BCUT2D eigenvalue weighted by Crippen LogP contribution is 2.41. The molecule has 2 N–H and O–H groups in total. The monoisotopic (exact) mass is 340 g/mol. The largest absolute Gasteiger partial charge is 0.481 e. The van der Waals surface area contributed by atoms with Gasteiger partial charge in [0.2, 0.25) is 0 Å². The summed E-state index contributed by atoms with van der Waals surface area (Å²) in [4.78, 5) is 29.2. The van der Waals surface area contributed by atoms with Crippen molar-refractivity contribution in [3.8, 4) is 0 Å². The lowest BCUT2D eigenvalue weighted by molar-refractivity contribution is -0.145. The Balaban J connectivity index is 2.18. The van der Waals surface area contributed by atoms with Crippen LogP contribution in [0.3, 0.4) is 0 Å². The van der Waals surface area contributed by atoms with Gasteiger partial charge in [0, 0.05) is 12.0 Å². The molecule has 1 aliphatic carbocycles. The molecule has 0 aromatic carbocycles. The summed E-state index contributed by atoms with van der Waals surface area (Å²) in [7, 11) is 0. The maximum Gasteiger partial charge on any atom is 0.407 e. The van der Waals surface area contributed by atoms with Crippen LogP contribution in [0.1, 0.15) is 53.9 Å². The first-order valence-corrected chi connectivity index (χ1v) is 8.63. The van der Waals surface area contributed by atoms with Crippen molar-refractivity contribution in [3.05, 3.63) is 0 Å². The molecule has 136 valence electrons. The summed E-state index contributed by atoms with van der Waals surface area (Å²) in [6.45, 7) is 9.52. The van der Waals surface area contributed by atoms with E-state index in [1.54, 1.807) is 20.8 Å². The molecule has 1 saturated carbocycles. The summed E-state index contributed by atoms with van der Waals surface area (Å²) in [6.07, 6.45) is 1.08. The molecule has 0 unspecified atom stereocenters. The quantitative estimate of drug-likeness (QED) is 0.802. The molecule has 0 spiro atoms. The number of carbonyl (C=O) groups is 2. The molecule has 1 heterocycles. The molecule has 4 atom stereocenters. The molecule has 1 amide bonds. The van der Waals surface area contributed by atoms with E-state index in [9.17, 15) is 14.7 Å². The Morgan fingerprint density at radius 2 is 2.00 bits per heavy atom. The fourth-order valence-electron chi connectivity index (χ4n) is 3.63. The summed E-state index contributed by atoms with van der Waals surface area (Å²) < 4.78 is 5.31. The van der Waals surface area contributed by atoms with Gasteiger partial charge in [-0.15, -0.1) is 0 Å². The Morgan fingerprint density at radius 1 is 1.38 bits per heavy atom. The lowest BCUT2D eigenvalue weighted by Gasteiger charge is -2.25. The third-order valence-corrected chi connectivity index (χ3v) is 4.74. The van der Waals surface area contributed by atoms with Gasteiger partial charge >= 0.3 is 12.1 Å². The minimum Gasteiger partial charge on any atom is -0.481 e. The molecule has 7 heteroatoms. The highest BCUT2D eigenvalue weighted by Gasteiger charge is 2.55. The molecule has 0 radical (unpaired) electrons. The molecule has 0 aromatic rings. The number of carboxylic acid groups (broad SMARTS) is 1. The fraction of sp³-hybridized carbons (Fsp3) is 0.824. The van der Waals surface area contributed by atoms with E-state index in [2.05, 4.69) is 24.3 Å². The van der Waals surface area contributed by atoms with Gasteiger partial charge in [0.15, 0.2) is 6.10 Å². The van der Waals surface area contributed by atoms with E-state index in [-0.39, 0.29) is 17.9 Å². The number of carboxylic acids is 1. The van der Waals surface area contributed by atoms with Crippen LogP contribution in [-0.4, -0.2) is 40.6 Å². The molecule has 2 aliphatic rings. The molecular weight excluding hydrogens is 312 g/mol. The number of oxime groups is 1. The van der Waals surface area contributed by atoms with Gasteiger partial charge in [-0.1, -0.05) is 19.0 Å². The smallest absolute Gasteiger partial charge is 0.407 e. The zero-order valence-electron chi connectivity index (χ0n) is 15.0. The van der Waals surface area contributed by atoms with E-state index in [1.807, 2.05) is 0 Å². The van der Waals surface area contributed by atoms with Gasteiger partial charge in [-0.3, -0.25) is 4.79 Å². The number of amides is 1. The first-order chi connectivity index (χ1) is 11.2. The SMILES string of the molecule is CCC(CC)C1=NO[C@H]2[C@@H]1[C@@H](NC(=O)OC(C)(C)C)C[C@H]2C(=O)O. The van der Waals surface area contributed by atoms with Crippen LogP contribution in [0.25, 0.3) is 0 Å². The van der Waals surface area contributed by atoms with Crippen LogP contribution in [0.15, 0.2) is 5.16 Å². The average Bonchev–Trinajstić information content (AvgIpc) is 3.00.